The monoisotopic (exact) mass is 389 g/mol. The normalized spacial score (nSPS) is 15.8. The lowest BCUT2D eigenvalue weighted by Gasteiger charge is -2.15. The molecule has 2 aromatic rings. The number of methoxy groups -OCH3 is 1. The Morgan fingerprint density at radius 3 is 2.71 bits per heavy atom. The first-order valence-electron chi connectivity index (χ1n) is 7.94. The summed E-state index contributed by atoms with van der Waals surface area (Å²) in [5, 5.41) is 2.97. The molecule has 2 aromatic carbocycles. The molecular weight excluding hydrogens is 370 g/mol. The molecule has 0 aliphatic carbocycles. The third-order valence-electron chi connectivity index (χ3n) is 4.21. The fourth-order valence-corrected chi connectivity index (χ4v) is 3.51. The Kier molecular flexibility index (Phi) is 4.81. The highest BCUT2D eigenvalue weighted by Crippen LogP contribution is 2.39. The van der Waals surface area contributed by atoms with Crippen LogP contribution < -0.4 is 14.8 Å². The van der Waals surface area contributed by atoms with Crippen molar-refractivity contribution >= 4 is 27.5 Å². The highest BCUT2D eigenvalue weighted by Gasteiger charge is 2.31. The van der Waals surface area contributed by atoms with Crippen LogP contribution in [0.25, 0.3) is 0 Å². The van der Waals surface area contributed by atoms with Crippen LogP contribution in [0, 0.1) is 6.92 Å². The van der Waals surface area contributed by atoms with Crippen molar-refractivity contribution < 1.29 is 14.3 Å². The van der Waals surface area contributed by atoms with Gasteiger partial charge in [-0.2, -0.15) is 0 Å². The summed E-state index contributed by atoms with van der Waals surface area (Å²) in [5.74, 6) is 1.22. The molecule has 1 amide bonds. The highest BCUT2D eigenvalue weighted by molar-refractivity contribution is 9.10. The second-order valence-corrected chi connectivity index (χ2v) is 6.72. The van der Waals surface area contributed by atoms with Crippen LogP contribution in [0.1, 0.15) is 29.5 Å². The molecular formula is C19H20BrNO3. The van der Waals surface area contributed by atoms with E-state index in [1.165, 1.54) is 0 Å². The van der Waals surface area contributed by atoms with E-state index in [2.05, 4.69) is 27.3 Å². The summed E-state index contributed by atoms with van der Waals surface area (Å²) in [5.41, 5.74) is 4.14. The number of aryl methyl sites for hydroxylation is 1. The minimum Gasteiger partial charge on any atom is -0.493 e. The Bertz CT molecular complexity index is 788. The predicted molar refractivity (Wildman–Crippen MR) is 98.1 cm³/mol. The van der Waals surface area contributed by atoms with Crippen molar-refractivity contribution in [3.63, 3.8) is 0 Å². The SMILES string of the molecule is CCOc1cc(C[C@@H]2C(=O)Nc3ccc(C)cc32)c(Br)cc1OC. The first kappa shape index (κ1) is 16.8. The number of carbonyl (C=O) groups excluding carboxylic acids is 1. The van der Waals surface area contributed by atoms with Gasteiger partial charge < -0.3 is 14.8 Å². The van der Waals surface area contributed by atoms with Gasteiger partial charge in [-0.25, -0.2) is 0 Å². The molecule has 24 heavy (non-hydrogen) atoms. The molecule has 0 bridgehead atoms. The summed E-state index contributed by atoms with van der Waals surface area (Å²) in [6, 6.07) is 9.91. The van der Waals surface area contributed by atoms with Gasteiger partial charge in [0.15, 0.2) is 11.5 Å². The molecule has 5 heteroatoms. The minimum absolute atomic E-state index is 0.0382. The van der Waals surface area contributed by atoms with Crippen LogP contribution in [-0.2, 0) is 11.2 Å². The van der Waals surface area contributed by atoms with Crippen LogP contribution in [0.3, 0.4) is 0 Å². The van der Waals surface area contributed by atoms with Crippen molar-refractivity contribution in [1.29, 1.82) is 0 Å². The molecule has 1 atom stereocenters. The van der Waals surface area contributed by atoms with Gasteiger partial charge in [0.2, 0.25) is 5.91 Å². The van der Waals surface area contributed by atoms with Crippen LogP contribution in [-0.4, -0.2) is 19.6 Å². The molecule has 0 radical (unpaired) electrons. The van der Waals surface area contributed by atoms with E-state index in [1.807, 2.05) is 38.1 Å². The van der Waals surface area contributed by atoms with Gasteiger partial charge in [0.05, 0.1) is 19.6 Å². The van der Waals surface area contributed by atoms with Crippen LogP contribution in [0.2, 0.25) is 0 Å². The van der Waals surface area contributed by atoms with Crippen molar-refractivity contribution in [1.82, 2.24) is 0 Å². The third kappa shape index (κ3) is 3.13. The fraction of sp³-hybridized carbons (Fsp3) is 0.316. The maximum atomic E-state index is 12.4. The Hall–Kier alpha value is -2.01. The molecule has 1 N–H and O–H groups in total. The Morgan fingerprint density at radius 1 is 1.21 bits per heavy atom. The van der Waals surface area contributed by atoms with Gasteiger partial charge in [-0.3, -0.25) is 4.79 Å². The number of carbonyl (C=O) groups is 1. The van der Waals surface area contributed by atoms with E-state index in [4.69, 9.17) is 9.47 Å². The van der Waals surface area contributed by atoms with Crippen molar-refractivity contribution in [2.45, 2.75) is 26.2 Å². The van der Waals surface area contributed by atoms with Gasteiger partial charge in [-0.05, 0) is 49.6 Å². The summed E-state index contributed by atoms with van der Waals surface area (Å²) in [7, 11) is 1.62. The molecule has 1 aliphatic rings. The maximum Gasteiger partial charge on any atom is 0.232 e. The quantitative estimate of drug-likeness (QED) is 0.821. The van der Waals surface area contributed by atoms with E-state index in [1.54, 1.807) is 7.11 Å². The average Bonchev–Trinajstić information content (AvgIpc) is 2.86. The Balaban J connectivity index is 1.96. The van der Waals surface area contributed by atoms with Crippen molar-refractivity contribution in [3.05, 3.63) is 51.5 Å². The van der Waals surface area contributed by atoms with Gasteiger partial charge in [0, 0.05) is 10.2 Å². The summed E-state index contributed by atoms with van der Waals surface area (Å²) < 4.78 is 11.9. The summed E-state index contributed by atoms with van der Waals surface area (Å²) in [6.07, 6.45) is 0.604. The lowest BCUT2D eigenvalue weighted by atomic mass is 9.92. The van der Waals surface area contributed by atoms with E-state index in [9.17, 15) is 4.79 Å². The number of fused-ring (bicyclic) bond motifs is 1. The van der Waals surface area contributed by atoms with Crippen LogP contribution in [0.5, 0.6) is 11.5 Å². The molecule has 0 unspecified atom stereocenters. The van der Waals surface area contributed by atoms with Gasteiger partial charge in [0.25, 0.3) is 0 Å². The molecule has 0 spiro atoms. The number of halogens is 1. The Morgan fingerprint density at radius 2 is 2.00 bits per heavy atom. The van der Waals surface area contributed by atoms with Crippen LogP contribution >= 0.6 is 15.9 Å². The molecule has 0 aromatic heterocycles. The largest absolute Gasteiger partial charge is 0.493 e. The summed E-state index contributed by atoms with van der Waals surface area (Å²) in [4.78, 5) is 12.4. The second kappa shape index (κ2) is 6.85. The number of hydrogen-bond donors (Lipinski definition) is 1. The molecule has 0 saturated carbocycles. The zero-order valence-electron chi connectivity index (χ0n) is 14.0. The van der Waals surface area contributed by atoms with E-state index >= 15 is 0 Å². The minimum atomic E-state index is -0.195. The number of nitrogens with one attached hydrogen (secondary N) is 1. The Labute approximate surface area is 150 Å². The van der Waals surface area contributed by atoms with Crippen LogP contribution in [0.15, 0.2) is 34.8 Å². The van der Waals surface area contributed by atoms with Crippen molar-refractivity contribution in [3.8, 4) is 11.5 Å². The number of amides is 1. The van der Waals surface area contributed by atoms with E-state index in [-0.39, 0.29) is 11.8 Å². The highest BCUT2D eigenvalue weighted by atomic mass is 79.9. The fourth-order valence-electron chi connectivity index (χ4n) is 3.03. The zero-order valence-corrected chi connectivity index (χ0v) is 15.6. The average molecular weight is 390 g/mol. The third-order valence-corrected chi connectivity index (χ3v) is 4.95. The van der Waals surface area contributed by atoms with Gasteiger partial charge in [-0.1, -0.05) is 33.6 Å². The summed E-state index contributed by atoms with van der Waals surface area (Å²) in [6.45, 7) is 4.53. The van der Waals surface area contributed by atoms with E-state index < -0.39 is 0 Å². The molecule has 4 nitrogen and oxygen atoms in total. The molecule has 0 saturated heterocycles. The molecule has 3 rings (SSSR count). The maximum absolute atomic E-state index is 12.4. The first-order valence-corrected chi connectivity index (χ1v) is 8.73. The van der Waals surface area contributed by atoms with Crippen LogP contribution in [0.4, 0.5) is 5.69 Å². The lowest BCUT2D eigenvalue weighted by Crippen LogP contribution is -2.14. The number of hydrogen-bond acceptors (Lipinski definition) is 3. The second-order valence-electron chi connectivity index (χ2n) is 5.86. The number of ether oxygens (including phenoxy) is 2. The van der Waals surface area contributed by atoms with Crippen molar-refractivity contribution in [2.24, 2.45) is 0 Å². The topological polar surface area (TPSA) is 47.6 Å². The van der Waals surface area contributed by atoms with E-state index in [0.717, 1.165) is 26.9 Å². The summed E-state index contributed by atoms with van der Waals surface area (Å²) >= 11 is 3.59. The predicted octanol–water partition coefficient (Wildman–Crippen LogP) is 4.44. The number of anilines is 1. The van der Waals surface area contributed by atoms with Gasteiger partial charge in [-0.15, -0.1) is 0 Å². The van der Waals surface area contributed by atoms with Crippen molar-refractivity contribution in [2.75, 3.05) is 19.0 Å². The van der Waals surface area contributed by atoms with Gasteiger partial charge in [0.1, 0.15) is 0 Å². The molecule has 0 fully saturated rings. The standard InChI is InChI=1S/C19H20BrNO3/c1-4-24-18-9-12(15(20)10-17(18)23-3)8-14-13-7-11(2)5-6-16(13)21-19(14)22/h5-7,9-10,14H,4,8H2,1-3H3,(H,21,22)/t14-/m0/s1. The lowest BCUT2D eigenvalue weighted by molar-refractivity contribution is -0.117. The molecule has 1 heterocycles. The molecule has 1 aliphatic heterocycles. The smallest absolute Gasteiger partial charge is 0.232 e. The number of rotatable bonds is 5. The van der Waals surface area contributed by atoms with Gasteiger partial charge >= 0.3 is 0 Å². The number of benzene rings is 2. The van der Waals surface area contributed by atoms with E-state index in [0.29, 0.717) is 24.5 Å². The first-order chi connectivity index (χ1) is 11.5. The zero-order chi connectivity index (χ0) is 17.3. The molecule has 126 valence electrons.